The standard InChI is InChI=1S/C16H21N3O4S/c1-2-15-17-16(23-18-15)12-22-13-7-6-10-19(11-13)24(20,21)14-8-4-3-5-9-14/h3-5,8-9,13H,2,6-7,10-12H2,1H3/t13-/m0/s1. The van der Waals surface area contributed by atoms with Gasteiger partial charge in [-0.3, -0.25) is 0 Å². The Kier molecular flexibility index (Phi) is 5.27. The van der Waals surface area contributed by atoms with Gasteiger partial charge in [0.1, 0.15) is 6.61 Å². The fourth-order valence-corrected chi connectivity index (χ4v) is 4.21. The van der Waals surface area contributed by atoms with Crippen LogP contribution in [-0.2, 0) is 27.8 Å². The predicted octanol–water partition coefficient (Wildman–Crippen LogP) is 2.00. The summed E-state index contributed by atoms with van der Waals surface area (Å²) in [5.41, 5.74) is 0. The van der Waals surface area contributed by atoms with Gasteiger partial charge < -0.3 is 9.26 Å². The lowest BCUT2D eigenvalue weighted by Gasteiger charge is -2.31. The summed E-state index contributed by atoms with van der Waals surface area (Å²) in [6, 6.07) is 8.49. The first kappa shape index (κ1) is 17.1. The van der Waals surface area contributed by atoms with Crippen molar-refractivity contribution in [1.29, 1.82) is 0 Å². The van der Waals surface area contributed by atoms with Gasteiger partial charge >= 0.3 is 0 Å². The van der Waals surface area contributed by atoms with Gasteiger partial charge in [0.2, 0.25) is 10.0 Å². The van der Waals surface area contributed by atoms with Gasteiger partial charge in [0.15, 0.2) is 5.82 Å². The fraction of sp³-hybridized carbons (Fsp3) is 0.500. The van der Waals surface area contributed by atoms with Crippen molar-refractivity contribution in [2.75, 3.05) is 13.1 Å². The molecule has 1 aromatic carbocycles. The van der Waals surface area contributed by atoms with Gasteiger partial charge in [-0.2, -0.15) is 9.29 Å². The molecule has 1 aromatic heterocycles. The minimum absolute atomic E-state index is 0.172. The van der Waals surface area contributed by atoms with Gasteiger partial charge in [-0.1, -0.05) is 30.3 Å². The minimum Gasteiger partial charge on any atom is -0.367 e. The number of hydrogen-bond donors (Lipinski definition) is 0. The van der Waals surface area contributed by atoms with Gasteiger partial charge in [-0.15, -0.1) is 0 Å². The number of rotatable bonds is 6. The predicted molar refractivity (Wildman–Crippen MR) is 86.7 cm³/mol. The molecule has 0 radical (unpaired) electrons. The molecule has 1 saturated heterocycles. The van der Waals surface area contributed by atoms with Crippen LogP contribution in [0, 0.1) is 0 Å². The maximum atomic E-state index is 12.7. The van der Waals surface area contributed by atoms with E-state index in [2.05, 4.69) is 10.1 Å². The van der Waals surface area contributed by atoms with Crippen LogP contribution in [0.2, 0.25) is 0 Å². The molecule has 3 rings (SSSR count). The van der Waals surface area contributed by atoms with Crippen LogP contribution < -0.4 is 0 Å². The lowest BCUT2D eigenvalue weighted by atomic mass is 10.1. The van der Waals surface area contributed by atoms with Crippen LogP contribution in [0.5, 0.6) is 0 Å². The zero-order valence-electron chi connectivity index (χ0n) is 13.6. The van der Waals surface area contributed by atoms with Crippen molar-refractivity contribution in [2.45, 2.75) is 43.8 Å². The third-order valence-electron chi connectivity index (χ3n) is 3.99. The molecule has 1 atom stereocenters. The van der Waals surface area contributed by atoms with Crippen molar-refractivity contribution in [1.82, 2.24) is 14.4 Å². The summed E-state index contributed by atoms with van der Waals surface area (Å²) in [4.78, 5) is 4.51. The van der Waals surface area contributed by atoms with Crippen LogP contribution in [0.15, 0.2) is 39.8 Å². The molecule has 0 N–H and O–H groups in total. The normalized spacial score (nSPS) is 19.5. The van der Waals surface area contributed by atoms with Crippen LogP contribution in [-0.4, -0.2) is 42.1 Å². The van der Waals surface area contributed by atoms with Gasteiger partial charge in [-0.25, -0.2) is 8.42 Å². The molecule has 2 aromatic rings. The monoisotopic (exact) mass is 351 g/mol. The van der Waals surface area contributed by atoms with Gasteiger partial charge in [0, 0.05) is 19.5 Å². The van der Waals surface area contributed by atoms with Crippen LogP contribution in [0.3, 0.4) is 0 Å². The summed E-state index contributed by atoms with van der Waals surface area (Å²) in [7, 11) is -3.48. The SMILES string of the molecule is CCc1noc(CO[C@H]2CCCN(S(=O)(=O)c3ccccc3)C2)n1. The van der Waals surface area contributed by atoms with Crippen LogP contribution in [0.4, 0.5) is 0 Å². The second-order valence-corrected chi connectivity index (χ2v) is 7.65. The third kappa shape index (κ3) is 3.82. The summed E-state index contributed by atoms with van der Waals surface area (Å²) in [6.07, 6.45) is 2.11. The summed E-state index contributed by atoms with van der Waals surface area (Å²) in [6.45, 7) is 3.00. The second kappa shape index (κ2) is 7.42. The summed E-state index contributed by atoms with van der Waals surface area (Å²) < 4.78 is 37.7. The molecule has 0 saturated carbocycles. The topological polar surface area (TPSA) is 85.5 Å². The average molecular weight is 351 g/mol. The Morgan fingerprint density at radius 1 is 1.33 bits per heavy atom. The van der Waals surface area contributed by atoms with E-state index in [4.69, 9.17) is 9.26 Å². The first-order valence-corrected chi connectivity index (χ1v) is 9.52. The number of benzene rings is 1. The molecule has 8 heteroatoms. The molecule has 0 spiro atoms. The number of piperidine rings is 1. The number of hydrogen-bond acceptors (Lipinski definition) is 6. The molecular formula is C16H21N3O4S. The van der Waals surface area contributed by atoms with Gasteiger partial charge in [0.05, 0.1) is 11.0 Å². The third-order valence-corrected chi connectivity index (χ3v) is 5.87. The molecule has 2 heterocycles. The zero-order chi connectivity index (χ0) is 17.0. The van der Waals surface area contributed by atoms with E-state index in [9.17, 15) is 8.42 Å². The van der Waals surface area contributed by atoms with Crippen molar-refractivity contribution in [3.63, 3.8) is 0 Å². The maximum absolute atomic E-state index is 12.7. The lowest BCUT2D eigenvalue weighted by molar-refractivity contribution is -0.00296. The van der Waals surface area contributed by atoms with Crippen molar-refractivity contribution < 1.29 is 17.7 Å². The highest BCUT2D eigenvalue weighted by Gasteiger charge is 2.30. The van der Waals surface area contributed by atoms with E-state index in [1.54, 1.807) is 30.3 Å². The molecule has 130 valence electrons. The smallest absolute Gasteiger partial charge is 0.252 e. The Morgan fingerprint density at radius 2 is 2.12 bits per heavy atom. The Balaban J connectivity index is 1.62. The van der Waals surface area contributed by atoms with Crippen molar-refractivity contribution >= 4 is 10.0 Å². The maximum Gasteiger partial charge on any atom is 0.252 e. The van der Waals surface area contributed by atoms with Crippen LogP contribution in [0.1, 0.15) is 31.5 Å². The van der Waals surface area contributed by atoms with Crippen LogP contribution >= 0.6 is 0 Å². The minimum atomic E-state index is -3.48. The number of ether oxygens (including phenoxy) is 1. The second-order valence-electron chi connectivity index (χ2n) is 5.71. The first-order valence-electron chi connectivity index (χ1n) is 8.08. The molecule has 1 aliphatic heterocycles. The van der Waals surface area contributed by atoms with E-state index in [1.807, 2.05) is 6.92 Å². The summed E-state index contributed by atoms with van der Waals surface area (Å²) in [5, 5.41) is 3.82. The number of aryl methyl sites for hydroxylation is 1. The zero-order valence-corrected chi connectivity index (χ0v) is 14.4. The number of aromatic nitrogens is 2. The molecule has 24 heavy (non-hydrogen) atoms. The highest BCUT2D eigenvalue weighted by molar-refractivity contribution is 7.89. The molecule has 0 aliphatic carbocycles. The molecule has 0 bridgehead atoms. The Labute approximate surface area is 141 Å². The Morgan fingerprint density at radius 3 is 2.83 bits per heavy atom. The van der Waals surface area contributed by atoms with Gasteiger partial charge in [0.25, 0.3) is 5.89 Å². The van der Waals surface area contributed by atoms with E-state index in [0.717, 1.165) is 12.8 Å². The summed E-state index contributed by atoms with van der Waals surface area (Å²) >= 11 is 0. The van der Waals surface area contributed by atoms with Crippen molar-refractivity contribution in [3.05, 3.63) is 42.0 Å². The molecule has 0 unspecified atom stereocenters. The Bertz CT molecular complexity index is 761. The Hall–Kier alpha value is -1.77. The first-order chi connectivity index (χ1) is 11.6. The molecule has 1 aliphatic rings. The van der Waals surface area contributed by atoms with E-state index in [0.29, 0.717) is 36.1 Å². The highest BCUT2D eigenvalue weighted by Crippen LogP contribution is 2.22. The van der Waals surface area contributed by atoms with Crippen molar-refractivity contribution in [3.8, 4) is 0 Å². The van der Waals surface area contributed by atoms with E-state index >= 15 is 0 Å². The largest absolute Gasteiger partial charge is 0.367 e. The molecular weight excluding hydrogens is 330 g/mol. The molecule has 0 amide bonds. The average Bonchev–Trinajstić information content (AvgIpc) is 3.09. The fourth-order valence-electron chi connectivity index (χ4n) is 2.68. The highest BCUT2D eigenvalue weighted by atomic mass is 32.2. The van der Waals surface area contributed by atoms with Gasteiger partial charge in [-0.05, 0) is 25.0 Å². The number of nitrogens with zero attached hydrogens (tertiary/aromatic N) is 3. The summed E-state index contributed by atoms with van der Waals surface area (Å²) in [5.74, 6) is 1.07. The molecule has 1 fully saturated rings. The quantitative estimate of drug-likeness (QED) is 0.791. The lowest BCUT2D eigenvalue weighted by Crippen LogP contribution is -2.43. The molecule has 7 nitrogen and oxygen atoms in total. The van der Waals surface area contributed by atoms with E-state index in [1.165, 1.54) is 4.31 Å². The number of sulfonamides is 1. The van der Waals surface area contributed by atoms with E-state index < -0.39 is 10.0 Å². The van der Waals surface area contributed by atoms with Crippen molar-refractivity contribution in [2.24, 2.45) is 0 Å². The van der Waals surface area contributed by atoms with Crippen LogP contribution in [0.25, 0.3) is 0 Å². The van der Waals surface area contributed by atoms with E-state index in [-0.39, 0.29) is 12.7 Å².